The lowest BCUT2D eigenvalue weighted by Crippen LogP contribution is -2.42. The molecule has 4 heteroatoms. The Morgan fingerprint density at radius 2 is 2.00 bits per heavy atom. The van der Waals surface area contributed by atoms with Crippen molar-refractivity contribution in [3.05, 3.63) is 0 Å². The fraction of sp³-hybridized carbons (Fsp3) is 1.00. The molecule has 1 aliphatic heterocycles. The van der Waals surface area contributed by atoms with Crippen LogP contribution in [-0.2, 0) is 10.0 Å². The van der Waals surface area contributed by atoms with Gasteiger partial charge in [-0.3, -0.25) is 0 Å². The minimum Gasteiger partial charge on any atom is -0.212 e. The van der Waals surface area contributed by atoms with E-state index in [0.29, 0.717) is 19.0 Å². The largest absolute Gasteiger partial charge is 0.216 e. The molecule has 1 saturated heterocycles. The third-order valence-electron chi connectivity index (χ3n) is 2.58. The summed E-state index contributed by atoms with van der Waals surface area (Å²) in [6, 6.07) is 0. The van der Waals surface area contributed by atoms with E-state index in [1.807, 2.05) is 0 Å². The van der Waals surface area contributed by atoms with Gasteiger partial charge in [0.15, 0.2) is 0 Å². The van der Waals surface area contributed by atoms with Gasteiger partial charge in [-0.15, -0.1) is 0 Å². The highest BCUT2D eigenvalue weighted by Gasteiger charge is 2.29. The first-order valence-electron chi connectivity index (χ1n) is 4.93. The molecule has 0 aromatic carbocycles. The molecule has 1 aliphatic rings. The van der Waals surface area contributed by atoms with Gasteiger partial charge < -0.3 is 0 Å². The Kier molecular flexibility index (Phi) is 3.35. The van der Waals surface area contributed by atoms with Gasteiger partial charge in [-0.2, -0.15) is 0 Å². The Labute approximate surface area is 81.2 Å². The van der Waals surface area contributed by atoms with E-state index in [0.717, 1.165) is 12.8 Å². The van der Waals surface area contributed by atoms with E-state index in [-0.39, 0.29) is 5.25 Å². The number of hydrogen-bond donors (Lipinski definition) is 0. The van der Waals surface area contributed by atoms with Crippen molar-refractivity contribution < 1.29 is 8.42 Å². The fourth-order valence-electron chi connectivity index (χ4n) is 1.68. The van der Waals surface area contributed by atoms with Crippen LogP contribution in [-0.4, -0.2) is 31.1 Å². The molecule has 0 amide bonds. The summed E-state index contributed by atoms with van der Waals surface area (Å²) in [5.41, 5.74) is 0. The van der Waals surface area contributed by atoms with Crippen molar-refractivity contribution in [2.75, 3.05) is 13.1 Å². The van der Waals surface area contributed by atoms with Crippen LogP contribution < -0.4 is 0 Å². The Balaban J connectivity index is 2.71. The molecule has 1 rings (SSSR count). The monoisotopic (exact) mass is 205 g/mol. The summed E-state index contributed by atoms with van der Waals surface area (Å²) in [5, 5.41) is -0.280. The van der Waals surface area contributed by atoms with Crippen LogP contribution in [0.3, 0.4) is 0 Å². The molecule has 0 bridgehead atoms. The molecule has 1 heterocycles. The summed E-state index contributed by atoms with van der Waals surface area (Å²) in [6.07, 6.45) is 2.16. The number of hydrogen-bond acceptors (Lipinski definition) is 2. The van der Waals surface area contributed by atoms with Gasteiger partial charge >= 0.3 is 0 Å². The maximum Gasteiger partial charge on any atom is 0.216 e. The van der Waals surface area contributed by atoms with Crippen molar-refractivity contribution in [3.63, 3.8) is 0 Å². The summed E-state index contributed by atoms with van der Waals surface area (Å²) in [4.78, 5) is 0. The highest BCUT2D eigenvalue weighted by atomic mass is 32.2. The van der Waals surface area contributed by atoms with Gasteiger partial charge in [0.25, 0.3) is 0 Å². The van der Waals surface area contributed by atoms with Crippen LogP contribution in [0.25, 0.3) is 0 Å². The third-order valence-corrected chi connectivity index (χ3v) is 4.82. The van der Waals surface area contributed by atoms with E-state index >= 15 is 0 Å². The predicted molar refractivity (Wildman–Crippen MR) is 54.0 cm³/mol. The van der Waals surface area contributed by atoms with Crippen molar-refractivity contribution in [2.24, 2.45) is 5.92 Å². The van der Waals surface area contributed by atoms with Crippen LogP contribution in [0.15, 0.2) is 0 Å². The number of sulfonamides is 1. The standard InChI is InChI=1S/C9H19NO2S/c1-8(2)13(11,12)10-6-4-5-9(3)7-10/h8-9H,4-7H2,1-3H3. The van der Waals surface area contributed by atoms with Crippen molar-refractivity contribution in [3.8, 4) is 0 Å². The molecule has 0 radical (unpaired) electrons. The highest BCUT2D eigenvalue weighted by Crippen LogP contribution is 2.20. The van der Waals surface area contributed by atoms with Gasteiger partial charge in [-0.1, -0.05) is 6.92 Å². The van der Waals surface area contributed by atoms with E-state index in [4.69, 9.17) is 0 Å². The molecule has 0 aromatic rings. The van der Waals surface area contributed by atoms with E-state index in [1.54, 1.807) is 18.2 Å². The first kappa shape index (κ1) is 11.0. The fourth-order valence-corrected chi connectivity index (χ4v) is 3.12. The van der Waals surface area contributed by atoms with Crippen LogP contribution in [0.5, 0.6) is 0 Å². The summed E-state index contributed by atoms with van der Waals surface area (Å²) in [5.74, 6) is 0.516. The molecule has 1 atom stereocenters. The summed E-state index contributed by atoms with van der Waals surface area (Å²) in [6.45, 7) is 7.02. The molecule has 13 heavy (non-hydrogen) atoms. The molecule has 1 unspecified atom stereocenters. The SMILES string of the molecule is CC1CCCN(S(=O)(=O)C(C)C)C1. The lowest BCUT2D eigenvalue weighted by molar-refractivity contribution is 0.279. The Morgan fingerprint density at radius 1 is 1.38 bits per heavy atom. The van der Waals surface area contributed by atoms with Gasteiger partial charge in [0, 0.05) is 13.1 Å². The maximum atomic E-state index is 11.8. The highest BCUT2D eigenvalue weighted by molar-refractivity contribution is 7.89. The zero-order valence-corrected chi connectivity index (χ0v) is 9.47. The first-order chi connectivity index (χ1) is 5.94. The van der Waals surface area contributed by atoms with Crippen LogP contribution in [0, 0.1) is 5.92 Å². The first-order valence-corrected chi connectivity index (χ1v) is 6.44. The number of piperidine rings is 1. The second kappa shape index (κ2) is 3.96. The maximum absolute atomic E-state index is 11.8. The third kappa shape index (κ3) is 2.44. The van der Waals surface area contributed by atoms with Crippen molar-refractivity contribution in [2.45, 2.75) is 38.9 Å². The Hall–Kier alpha value is -0.0900. The van der Waals surface area contributed by atoms with Crippen molar-refractivity contribution in [1.82, 2.24) is 4.31 Å². The van der Waals surface area contributed by atoms with Gasteiger partial charge in [-0.25, -0.2) is 12.7 Å². The minimum absolute atomic E-state index is 0.280. The topological polar surface area (TPSA) is 37.4 Å². The molecule has 3 nitrogen and oxygen atoms in total. The smallest absolute Gasteiger partial charge is 0.212 e. The molecular weight excluding hydrogens is 186 g/mol. The molecular formula is C9H19NO2S. The van der Waals surface area contributed by atoms with Crippen LogP contribution in [0.4, 0.5) is 0 Å². The summed E-state index contributed by atoms with van der Waals surface area (Å²) < 4.78 is 25.2. The quantitative estimate of drug-likeness (QED) is 0.684. The zero-order chi connectivity index (χ0) is 10.1. The zero-order valence-electron chi connectivity index (χ0n) is 8.66. The lowest BCUT2D eigenvalue weighted by atomic mass is 10.0. The molecule has 0 spiro atoms. The van der Waals surface area contributed by atoms with Gasteiger partial charge in [0.1, 0.15) is 0 Å². The van der Waals surface area contributed by atoms with E-state index in [9.17, 15) is 8.42 Å². The summed E-state index contributed by atoms with van der Waals surface area (Å²) >= 11 is 0. The molecule has 1 fully saturated rings. The summed E-state index contributed by atoms with van der Waals surface area (Å²) in [7, 11) is -3.00. The number of nitrogens with zero attached hydrogens (tertiary/aromatic N) is 1. The van der Waals surface area contributed by atoms with Gasteiger partial charge in [0.2, 0.25) is 10.0 Å². The van der Waals surface area contributed by atoms with E-state index in [1.165, 1.54) is 0 Å². The average molecular weight is 205 g/mol. The van der Waals surface area contributed by atoms with Crippen LogP contribution >= 0.6 is 0 Å². The number of rotatable bonds is 2. The molecule has 0 N–H and O–H groups in total. The van der Waals surface area contributed by atoms with Gasteiger partial charge in [0.05, 0.1) is 5.25 Å². The molecule has 0 aromatic heterocycles. The Bertz CT molecular complexity index is 259. The normalized spacial score (nSPS) is 26.6. The lowest BCUT2D eigenvalue weighted by Gasteiger charge is -2.31. The van der Waals surface area contributed by atoms with Gasteiger partial charge in [-0.05, 0) is 32.6 Å². The predicted octanol–water partition coefficient (Wildman–Crippen LogP) is 1.46. The molecule has 78 valence electrons. The van der Waals surface area contributed by atoms with Crippen molar-refractivity contribution >= 4 is 10.0 Å². The molecule has 0 aliphatic carbocycles. The van der Waals surface area contributed by atoms with Crippen molar-refractivity contribution in [1.29, 1.82) is 0 Å². The minimum atomic E-state index is -3.00. The van der Waals surface area contributed by atoms with E-state index in [2.05, 4.69) is 6.92 Å². The second-order valence-electron chi connectivity index (χ2n) is 4.20. The molecule has 0 saturated carbocycles. The van der Waals surface area contributed by atoms with Crippen LogP contribution in [0.1, 0.15) is 33.6 Å². The van der Waals surface area contributed by atoms with Crippen LogP contribution in [0.2, 0.25) is 0 Å². The second-order valence-corrected chi connectivity index (χ2v) is 6.69. The van der Waals surface area contributed by atoms with E-state index < -0.39 is 10.0 Å². The Morgan fingerprint density at radius 3 is 2.46 bits per heavy atom. The average Bonchev–Trinajstić information content (AvgIpc) is 2.04.